The van der Waals surface area contributed by atoms with Gasteiger partial charge < -0.3 is 4.98 Å². The second-order valence-corrected chi connectivity index (χ2v) is 2.27. The molecule has 0 bridgehead atoms. The van der Waals surface area contributed by atoms with Gasteiger partial charge in [-0.3, -0.25) is 4.79 Å². The van der Waals surface area contributed by atoms with Crippen molar-refractivity contribution < 1.29 is 0 Å². The van der Waals surface area contributed by atoms with Crippen molar-refractivity contribution in [3.8, 4) is 0 Å². The Bertz CT molecular complexity index is 281. The summed E-state index contributed by atoms with van der Waals surface area (Å²) in [5, 5.41) is 0.136. The molecule has 0 unspecified atom stereocenters. The molecule has 3 nitrogen and oxygen atoms in total. The lowest BCUT2D eigenvalue weighted by atomic mass is 10.4. The molecule has 1 rings (SSSR count). The van der Waals surface area contributed by atoms with E-state index in [0.717, 1.165) is 0 Å². The van der Waals surface area contributed by atoms with Crippen LogP contribution in [0.5, 0.6) is 0 Å². The van der Waals surface area contributed by atoms with Crippen LogP contribution in [0, 0.1) is 0 Å². The highest BCUT2D eigenvalue weighted by atomic mass is 35.5. The number of nitrogens with one attached hydrogen (secondary N) is 1. The fraction of sp³-hybridized carbons (Fsp3) is 0.333. The molecule has 0 aliphatic carbocycles. The van der Waals surface area contributed by atoms with E-state index in [4.69, 9.17) is 11.6 Å². The average molecular weight is 159 g/mol. The molecule has 1 heterocycles. The van der Waals surface area contributed by atoms with E-state index in [-0.39, 0.29) is 10.6 Å². The van der Waals surface area contributed by atoms with Crippen LogP contribution in [0.1, 0.15) is 12.7 Å². The third-order valence-electron chi connectivity index (χ3n) is 1.14. The minimum Gasteiger partial charge on any atom is -0.309 e. The topological polar surface area (TPSA) is 45.8 Å². The van der Waals surface area contributed by atoms with E-state index in [1.807, 2.05) is 6.92 Å². The molecule has 4 heteroatoms. The van der Waals surface area contributed by atoms with Gasteiger partial charge in [0.15, 0.2) is 0 Å². The van der Waals surface area contributed by atoms with Crippen LogP contribution < -0.4 is 5.56 Å². The highest BCUT2D eigenvalue weighted by Crippen LogP contribution is 1.96. The van der Waals surface area contributed by atoms with Crippen LogP contribution in [0.25, 0.3) is 0 Å². The van der Waals surface area contributed by atoms with Crippen molar-refractivity contribution in [1.82, 2.24) is 9.97 Å². The molecule has 0 aliphatic heterocycles. The van der Waals surface area contributed by atoms with Gasteiger partial charge in [0.2, 0.25) is 0 Å². The first-order chi connectivity index (χ1) is 4.74. The van der Waals surface area contributed by atoms with E-state index in [1.54, 1.807) is 0 Å². The molecule has 1 aromatic rings. The fourth-order valence-corrected chi connectivity index (χ4v) is 0.692. The lowest BCUT2D eigenvalue weighted by Gasteiger charge is -1.92. The Morgan fingerprint density at radius 2 is 2.50 bits per heavy atom. The van der Waals surface area contributed by atoms with Crippen LogP contribution >= 0.6 is 11.6 Å². The summed E-state index contributed by atoms with van der Waals surface area (Å²) in [6.07, 6.45) is 2.08. The van der Waals surface area contributed by atoms with Crippen LogP contribution in [0.3, 0.4) is 0 Å². The van der Waals surface area contributed by atoms with E-state index >= 15 is 0 Å². The van der Waals surface area contributed by atoms with Gasteiger partial charge in [0, 0.05) is 6.42 Å². The van der Waals surface area contributed by atoms with Gasteiger partial charge in [0.05, 0.1) is 6.20 Å². The number of aryl methyl sites for hydroxylation is 1. The smallest absolute Gasteiger partial charge is 0.269 e. The van der Waals surface area contributed by atoms with Crippen molar-refractivity contribution in [2.24, 2.45) is 0 Å². The predicted octanol–water partition coefficient (Wildman–Crippen LogP) is 0.986. The number of halogens is 1. The van der Waals surface area contributed by atoms with Crippen molar-refractivity contribution >= 4 is 11.6 Å². The third-order valence-corrected chi connectivity index (χ3v) is 1.41. The molecule has 0 atom stereocenters. The number of hydrogen-bond acceptors (Lipinski definition) is 2. The molecule has 0 aliphatic rings. The summed E-state index contributed by atoms with van der Waals surface area (Å²) < 4.78 is 0. The Hall–Kier alpha value is -0.830. The second-order valence-electron chi connectivity index (χ2n) is 1.86. The summed E-state index contributed by atoms with van der Waals surface area (Å²) in [5.41, 5.74) is -0.270. The van der Waals surface area contributed by atoms with Gasteiger partial charge in [-0.15, -0.1) is 0 Å². The van der Waals surface area contributed by atoms with E-state index in [1.165, 1.54) is 6.20 Å². The lowest BCUT2D eigenvalue weighted by molar-refractivity contribution is 0.920. The summed E-state index contributed by atoms with van der Waals surface area (Å²) in [6.45, 7) is 1.91. The molecule has 0 fully saturated rings. The van der Waals surface area contributed by atoms with Crippen LogP contribution in [-0.4, -0.2) is 9.97 Å². The van der Waals surface area contributed by atoms with Crippen LogP contribution in [-0.2, 0) is 6.42 Å². The lowest BCUT2D eigenvalue weighted by Crippen LogP contribution is -2.10. The SMILES string of the molecule is CCc1ncc(Cl)c(=O)[nH]1. The number of aromatic nitrogens is 2. The van der Waals surface area contributed by atoms with E-state index < -0.39 is 0 Å². The Balaban J connectivity index is 3.17. The maximum Gasteiger partial charge on any atom is 0.269 e. The summed E-state index contributed by atoms with van der Waals surface area (Å²) in [4.78, 5) is 17.2. The van der Waals surface area contributed by atoms with Crippen molar-refractivity contribution in [2.45, 2.75) is 13.3 Å². The van der Waals surface area contributed by atoms with Gasteiger partial charge in [-0.25, -0.2) is 4.98 Å². The molecule has 0 spiro atoms. The molecule has 0 saturated carbocycles. The van der Waals surface area contributed by atoms with Gasteiger partial charge in [0.1, 0.15) is 10.8 Å². The first-order valence-corrected chi connectivity index (χ1v) is 3.35. The normalized spacial score (nSPS) is 9.80. The Morgan fingerprint density at radius 3 is 3.00 bits per heavy atom. The molecule has 10 heavy (non-hydrogen) atoms. The number of hydrogen-bond donors (Lipinski definition) is 1. The third kappa shape index (κ3) is 1.36. The predicted molar refractivity (Wildman–Crippen MR) is 39.2 cm³/mol. The standard InChI is InChI=1S/C6H7ClN2O/c1-2-5-8-3-4(7)6(10)9-5/h3H,2H2,1H3,(H,8,9,10). The van der Waals surface area contributed by atoms with E-state index in [9.17, 15) is 4.79 Å². The molecule has 54 valence electrons. The van der Waals surface area contributed by atoms with Gasteiger partial charge >= 0.3 is 0 Å². The molecule has 0 radical (unpaired) electrons. The van der Waals surface area contributed by atoms with Crippen molar-refractivity contribution in [2.75, 3.05) is 0 Å². The Morgan fingerprint density at radius 1 is 1.80 bits per heavy atom. The van der Waals surface area contributed by atoms with Gasteiger partial charge in [-0.05, 0) is 0 Å². The highest BCUT2D eigenvalue weighted by molar-refractivity contribution is 6.30. The maximum absolute atomic E-state index is 10.8. The summed E-state index contributed by atoms with van der Waals surface area (Å²) in [7, 11) is 0. The van der Waals surface area contributed by atoms with Crippen molar-refractivity contribution in [1.29, 1.82) is 0 Å². The molecule has 0 amide bonds. The Kier molecular flexibility index (Phi) is 2.06. The van der Waals surface area contributed by atoms with E-state index in [0.29, 0.717) is 12.2 Å². The zero-order valence-electron chi connectivity index (χ0n) is 5.52. The molecular weight excluding hydrogens is 152 g/mol. The molecular formula is C6H7ClN2O. The molecule has 0 aromatic carbocycles. The van der Waals surface area contributed by atoms with Crippen molar-refractivity contribution in [3.05, 3.63) is 27.4 Å². The highest BCUT2D eigenvalue weighted by Gasteiger charge is 1.95. The summed E-state index contributed by atoms with van der Waals surface area (Å²) in [6, 6.07) is 0. The van der Waals surface area contributed by atoms with Gasteiger partial charge in [-0.1, -0.05) is 18.5 Å². The van der Waals surface area contributed by atoms with Crippen molar-refractivity contribution in [3.63, 3.8) is 0 Å². The molecule has 1 aromatic heterocycles. The van der Waals surface area contributed by atoms with Crippen LogP contribution in [0.4, 0.5) is 0 Å². The second kappa shape index (κ2) is 2.84. The first kappa shape index (κ1) is 7.28. The quantitative estimate of drug-likeness (QED) is 0.663. The number of H-pyrrole nitrogens is 1. The summed E-state index contributed by atoms with van der Waals surface area (Å²) >= 11 is 5.43. The van der Waals surface area contributed by atoms with Gasteiger partial charge in [0.25, 0.3) is 5.56 Å². The zero-order chi connectivity index (χ0) is 7.56. The number of nitrogens with zero attached hydrogens (tertiary/aromatic N) is 1. The zero-order valence-corrected chi connectivity index (χ0v) is 6.27. The number of rotatable bonds is 1. The fourth-order valence-electron chi connectivity index (χ4n) is 0.596. The Labute approximate surface area is 63.1 Å². The first-order valence-electron chi connectivity index (χ1n) is 2.97. The van der Waals surface area contributed by atoms with Crippen LogP contribution in [0.15, 0.2) is 11.0 Å². The minimum absolute atomic E-state index is 0.136. The number of aromatic amines is 1. The van der Waals surface area contributed by atoms with Crippen LogP contribution in [0.2, 0.25) is 5.02 Å². The van der Waals surface area contributed by atoms with E-state index in [2.05, 4.69) is 9.97 Å². The largest absolute Gasteiger partial charge is 0.309 e. The molecule has 0 saturated heterocycles. The molecule has 1 N–H and O–H groups in total. The minimum atomic E-state index is -0.270. The average Bonchev–Trinajstić information content (AvgIpc) is 1.95. The van der Waals surface area contributed by atoms with Gasteiger partial charge in [-0.2, -0.15) is 0 Å². The summed E-state index contributed by atoms with van der Waals surface area (Å²) in [5.74, 6) is 0.661. The monoisotopic (exact) mass is 158 g/mol. The maximum atomic E-state index is 10.8.